The van der Waals surface area contributed by atoms with Gasteiger partial charge >= 0.3 is 0 Å². The van der Waals surface area contributed by atoms with E-state index in [1.165, 1.54) is 4.31 Å². The first kappa shape index (κ1) is 22.1. The number of hydrogen-bond donors (Lipinski definition) is 1. The summed E-state index contributed by atoms with van der Waals surface area (Å²) < 4.78 is 32.2. The normalized spacial score (nSPS) is 13.0. The van der Waals surface area contributed by atoms with Crippen LogP contribution in [0.5, 0.6) is 0 Å². The standard InChI is InChI=1S/C23H28N2O4S/c1-5-25(6-2)30(27,28)20-10-8-18(9-11-20)17(4)24-23(26)14-19-15-29-22-13-16(3)7-12-21(19)22/h7-13,15,17H,5-6,14H2,1-4H3,(H,24,26). The first-order valence-electron chi connectivity index (χ1n) is 10.1. The minimum Gasteiger partial charge on any atom is -0.464 e. The molecule has 1 N–H and O–H groups in total. The number of fused-ring (bicyclic) bond motifs is 1. The van der Waals surface area contributed by atoms with E-state index in [1.54, 1.807) is 30.5 Å². The zero-order chi connectivity index (χ0) is 21.9. The number of nitrogens with one attached hydrogen (secondary N) is 1. The maximum atomic E-state index is 12.6. The van der Waals surface area contributed by atoms with Crippen LogP contribution >= 0.6 is 0 Å². The van der Waals surface area contributed by atoms with Crippen molar-refractivity contribution in [3.63, 3.8) is 0 Å². The lowest BCUT2D eigenvalue weighted by Gasteiger charge is -2.19. The largest absolute Gasteiger partial charge is 0.464 e. The van der Waals surface area contributed by atoms with E-state index in [-0.39, 0.29) is 23.3 Å². The maximum absolute atomic E-state index is 12.6. The van der Waals surface area contributed by atoms with Gasteiger partial charge in [-0.15, -0.1) is 0 Å². The fraction of sp³-hybridized carbons (Fsp3) is 0.348. The second kappa shape index (κ2) is 9.02. The number of carbonyl (C=O) groups is 1. The van der Waals surface area contributed by atoms with Crippen LogP contribution in [0, 0.1) is 6.92 Å². The zero-order valence-corrected chi connectivity index (χ0v) is 18.6. The van der Waals surface area contributed by atoms with E-state index >= 15 is 0 Å². The lowest BCUT2D eigenvalue weighted by atomic mass is 10.1. The van der Waals surface area contributed by atoms with Gasteiger partial charge in [0, 0.05) is 24.0 Å². The number of sulfonamides is 1. The van der Waals surface area contributed by atoms with Crippen LogP contribution in [0.15, 0.2) is 58.0 Å². The van der Waals surface area contributed by atoms with E-state index in [4.69, 9.17) is 4.42 Å². The van der Waals surface area contributed by atoms with Gasteiger partial charge in [0.2, 0.25) is 15.9 Å². The molecule has 0 saturated carbocycles. The van der Waals surface area contributed by atoms with E-state index in [0.29, 0.717) is 13.1 Å². The molecule has 0 bridgehead atoms. The van der Waals surface area contributed by atoms with Gasteiger partial charge in [-0.2, -0.15) is 4.31 Å². The van der Waals surface area contributed by atoms with E-state index in [1.807, 2.05) is 45.9 Å². The molecule has 2 aromatic carbocycles. The minimum atomic E-state index is -3.49. The van der Waals surface area contributed by atoms with Gasteiger partial charge in [-0.3, -0.25) is 4.79 Å². The van der Waals surface area contributed by atoms with Gasteiger partial charge in [-0.05, 0) is 43.2 Å². The molecule has 1 atom stereocenters. The topological polar surface area (TPSA) is 79.6 Å². The maximum Gasteiger partial charge on any atom is 0.243 e. The molecule has 0 fully saturated rings. The molecule has 3 rings (SSSR count). The molecule has 1 heterocycles. The van der Waals surface area contributed by atoms with E-state index in [9.17, 15) is 13.2 Å². The fourth-order valence-electron chi connectivity index (χ4n) is 3.52. The molecule has 160 valence electrons. The third-order valence-electron chi connectivity index (χ3n) is 5.26. The highest BCUT2D eigenvalue weighted by atomic mass is 32.2. The summed E-state index contributed by atoms with van der Waals surface area (Å²) in [5.74, 6) is -0.120. The predicted molar refractivity (Wildman–Crippen MR) is 118 cm³/mol. The molecule has 0 radical (unpaired) electrons. The van der Waals surface area contributed by atoms with Gasteiger partial charge in [0.1, 0.15) is 5.58 Å². The Hall–Kier alpha value is -2.64. The highest BCUT2D eigenvalue weighted by Gasteiger charge is 2.22. The molecule has 3 aromatic rings. The first-order valence-corrected chi connectivity index (χ1v) is 11.6. The molecule has 7 heteroatoms. The second-order valence-electron chi connectivity index (χ2n) is 7.38. The van der Waals surface area contributed by atoms with Crippen molar-refractivity contribution < 1.29 is 17.6 Å². The molecule has 0 saturated heterocycles. The lowest BCUT2D eigenvalue weighted by Crippen LogP contribution is -2.30. The highest BCUT2D eigenvalue weighted by molar-refractivity contribution is 7.89. The summed E-state index contributed by atoms with van der Waals surface area (Å²) in [5, 5.41) is 3.91. The Kier molecular flexibility index (Phi) is 6.63. The van der Waals surface area contributed by atoms with Crippen molar-refractivity contribution in [3.8, 4) is 0 Å². The van der Waals surface area contributed by atoms with Crippen molar-refractivity contribution in [1.82, 2.24) is 9.62 Å². The van der Waals surface area contributed by atoms with Crippen LogP contribution in [0.4, 0.5) is 0 Å². The van der Waals surface area contributed by atoms with Gasteiger partial charge in [-0.25, -0.2) is 8.42 Å². The average molecular weight is 429 g/mol. The Labute approximate surface area is 177 Å². The number of hydrogen-bond acceptors (Lipinski definition) is 4. The molecular formula is C23H28N2O4S. The molecular weight excluding hydrogens is 400 g/mol. The number of benzene rings is 2. The van der Waals surface area contributed by atoms with Crippen molar-refractivity contribution in [2.24, 2.45) is 0 Å². The molecule has 0 spiro atoms. The Morgan fingerprint density at radius 1 is 1.10 bits per heavy atom. The molecule has 1 unspecified atom stereocenters. The molecule has 30 heavy (non-hydrogen) atoms. The highest BCUT2D eigenvalue weighted by Crippen LogP contribution is 2.23. The summed E-state index contributed by atoms with van der Waals surface area (Å²) in [6, 6.07) is 12.4. The van der Waals surface area contributed by atoms with Crippen LogP contribution in [0.1, 0.15) is 43.5 Å². The monoisotopic (exact) mass is 428 g/mol. The fourth-order valence-corrected chi connectivity index (χ4v) is 4.98. The molecule has 0 aliphatic rings. The SMILES string of the molecule is CCN(CC)S(=O)(=O)c1ccc(C(C)NC(=O)Cc2coc3cc(C)ccc23)cc1. The van der Waals surface area contributed by atoms with E-state index in [2.05, 4.69) is 5.32 Å². The number of aryl methyl sites for hydroxylation is 1. The first-order chi connectivity index (χ1) is 14.3. The van der Waals surface area contributed by atoms with Crippen molar-refractivity contribution in [3.05, 3.63) is 65.4 Å². The minimum absolute atomic E-state index is 0.120. The predicted octanol–water partition coefficient (Wildman–Crippen LogP) is 4.19. The van der Waals surface area contributed by atoms with Crippen LogP contribution < -0.4 is 5.32 Å². The summed E-state index contributed by atoms with van der Waals surface area (Å²) >= 11 is 0. The van der Waals surface area contributed by atoms with Crippen LogP contribution in [-0.4, -0.2) is 31.7 Å². The molecule has 6 nitrogen and oxygen atoms in total. The summed E-state index contributed by atoms with van der Waals surface area (Å²) in [4.78, 5) is 12.8. The molecule has 0 aliphatic carbocycles. The van der Waals surface area contributed by atoms with Gasteiger partial charge in [0.25, 0.3) is 0 Å². The van der Waals surface area contributed by atoms with Crippen LogP contribution in [0.25, 0.3) is 11.0 Å². The number of furan rings is 1. The van der Waals surface area contributed by atoms with Crippen LogP contribution in [-0.2, 0) is 21.2 Å². The second-order valence-corrected chi connectivity index (χ2v) is 9.32. The van der Waals surface area contributed by atoms with Gasteiger partial charge < -0.3 is 9.73 Å². The van der Waals surface area contributed by atoms with Gasteiger partial charge in [0.05, 0.1) is 23.6 Å². The summed E-state index contributed by atoms with van der Waals surface area (Å²) in [5.41, 5.74) is 3.56. The number of carbonyl (C=O) groups excluding carboxylic acids is 1. The van der Waals surface area contributed by atoms with Crippen molar-refractivity contribution in [1.29, 1.82) is 0 Å². The quantitative estimate of drug-likeness (QED) is 0.583. The summed E-state index contributed by atoms with van der Waals surface area (Å²) in [7, 11) is -3.49. The molecule has 1 amide bonds. The van der Waals surface area contributed by atoms with Crippen LogP contribution in [0.3, 0.4) is 0 Å². The summed E-state index contributed by atoms with van der Waals surface area (Å²) in [6.07, 6.45) is 1.84. The Bertz CT molecular complexity index is 1130. The Morgan fingerprint density at radius 3 is 2.40 bits per heavy atom. The Morgan fingerprint density at radius 2 is 1.77 bits per heavy atom. The van der Waals surface area contributed by atoms with Gasteiger partial charge in [-0.1, -0.05) is 38.1 Å². The van der Waals surface area contributed by atoms with E-state index in [0.717, 1.165) is 27.7 Å². The van der Waals surface area contributed by atoms with Crippen molar-refractivity contribution in [2.45, 2.75) is 45.1 Å². The smallest absolute Gasteiger partial charge is 0.243 e. The number of nitrogens with zero attached hydrogens (tertiary/aromatic N) is 1. The van der Waals surface area contributed by atoms with Crippen LogP contribution in [0.2, 0.25) is 0 Å². The zero-order valence-electron chi connectivity index (χ0n) is 17.8. The Balaban J connectivity index is 1.68. The molecule has 1 aromatic heterocycles. The lowest BCUT2D eigenvalue weighted by molar-refractivity contribution is -0.121. The van der Waals surface area contributed by atoms with Gasteiger partial charge in [0.15, 0.2) is 0 Å². The van der Waals surface area contributed by atoms with Crippen molar-refractivity contribution >= 4 is 26.9 Å². The summed E-state index contributed by atoms with van der Waals surface area (Å²) in [6.45, 7) is 8.36. The third kappa shape index (κ3) is 4.57. The average Bonchev–Trinajstić information content (AvgIpc) is 3.10. The van der Waals surface area contributed by atoms with E-state index < -0.39 is 10.0 Å². The number of rotatable bonds is 8. The molecule has 0 aliphatic heterocycles. The van der Waals surface area contributed by atoms with Crippen molar-refractivity contribution in [2.75, 3.05) is 13.1 Å². The number of amides is 1. The third-order valence-corrected chi connectivity index (χ3v) is 7.33.